The molecular formula is C80H110B2F4N22O20P4. The molecule has 5 fully saturated rings. The highest BCUT2D eigenvalue weighted by Gasteiger charge is 2.58. The SMILES string of the molecule is CC(C)N(C(C)C)P(C)N(C(C)C)C(C)C.[BH3-][P+](OCC[N+]#[C-])(OC[C@H]1O[C@@H](n2cnc3c(=O)[nH]c(NC(=O)C(C)C)nc32)[C@@H](F)C1O)OC1[C@@H](CO)O[C@@H](n2cnc3c(C)ncnc32)[C@H]1F.[BH3-][P+]1(OCCC#N)OC[C@H]2O[C@@H](n3cnc4c3N=C(CC(=O)C(C)C)CC4=O)[C@H](F)[C@@H]2OP(OCCC#N)OCC2O[C@@H](n3cnc4c(NC(=O)c5ccccc5)ncnc43)[C@H](F)[C@@H]2O1. The summed E-state index contributed by atoms with van der Waals surface area (Å²) in [5.74, 6) is -2.19. The number of hydrogen-bond donors (Lipinski definition) is 5. The van der Waals surface area contributed by atoms with E-state index in [9.17, 15) is 44.7 Å². The van der Waals surface area contributed by atoms with Gasteiger partial charge in [0.15, 0.2) is 120 Å². The molecule has 0 saturated carbocycles. The third-order valence-electron chi connectivity index (χ3n) is 21.1. The number of H-pyrrole nitrogens is 1. The number of ketones is 2. The molecule has 0 radical (unpaired) electrons. The largest absolute Gasteiger partial charge is 0.394 e. The number of nitrogens with zero attached hydrogens (tertiary/aromatic N) is 19. The van der Waals surface area contributed by atoms with Crippen LogP contribution in [0.25, 0.3) is 38.3 Å². The molecule has 13 heterocycles. The summed E-state index contributed by atoms with van der Waals surface area (Å²) in [4.78, 5) is 112. The molecule has 52 heteroatoms. The van der Waals surface area contributed by atoms with Crippen molar-refractivity contribution in [1.82, 2.24) is 77.4 Å². The van der Waals surface area contributed by atoms with Crippen LogP contribution < -0.4 is 16.2 Å². The lowest BCUT2D eigenvalue weighted by molar-refractivity contribution is -0.121. The number of aromatic nitrogens is 14. The van der Waals surface area contributed by atoms with Crippen LogP contribution in [0, 0.1) is 48.0 Å². The van der Waals surface area contributed by atoms with Crippen molar-refractivity contribution in [2.24, 2.45) is 16.8 Å². The number of aliphatic hydroxyl groups is 2. The Balaban J connectivity index is 0.000000208. The number of halogens is 4. The molecule has 0 aliphatic carbocycles. The molecule has 132 heavy (non-hydrogen) atoms. The van der Waals surface area contributed by atoms with Crippen LogP contribution in [0.2, 0.25) is 0 Å². The normalized spacial score (nSPS) is 26.7. The van der Waals surface area contributed by atoms with Gasteiger partial charge in [-0.25, -0.2) is 96.1 Å². The molecule has 6 aliphatic heterocycles. The lowest BCUT2D eigenvalue weighted by Gasteiger charge is -2.45. The quantitative estimate of drug-likeness (QED) is 0.00863. The van der Waals surface area contributed by atoms with E-state index in [4.69, 9.17) is 66.2 Å². The fraction of sp³-hybridized carbons (Fsp3) is 0.600. The summed E-state index contributed by atoms with van der Waals surface area (Å²) < 4.78 is 156. The molecule has 1 aromatic carbocycles. The molecule has 19 atom stereocenters. The van der Waals surface area contributed by atoms with Gasteiger partial charge in [-0.3, -0.25) is 61.9 Å². The Morgan fingerprint density at radius 2 is 1.31 bits per heavy atom. The summed E-state index contributed by atoms with van der Waals surface area (Å²) in [6, 6.07) is 14.9. The predicted octanol–water partition coefficient (Wildman–Crippen LogP) is 8.90. The van der Waals surface area contributed by atoms with Crippen LogP contribution >= 0.6 is 32.5 Å². The molecule has 714 valence electrons. The number of fused-ring (bicyclic) bond motifs is 6. The Hall–Kier alpha value is -8.81. The lowest BCUT2D eigenvalue weighted by Crippen LogP contribution is -2.42. The number of Topliss-reactive ketones (excluding diaryl/α,β-unsaturated/α-hetero) is 2. The average molecular weight is 1920 g/mol. The number of amides is 2. The van der Waals surface area contributed by atoms with Gasteiger partial charge >= 0.3 is 8.60 Å². The van der Waals surface area contributed by atoms with Gasteiger partial charge < -0.3 is 52.9 Å². The van der Waals surface area contributed by atoms with Gasteiger partial charge in [-0.15, -0.1) is 0 Å². The van der Waals surface area contributed by atoms with E-state index in [0.29, 0.717) is 52.3 Å². The van der Waals surface area contributed by atoms with Crippen molar-refractivity contribution in [1.29, 1.82) is 10.5 Å². The molecule has 5 saturated heterocycles. The van der Waals surface area contributed by atoms with Gasteiger partial charge in [0.05, 0.1) is 82.2 Å². The number of aryl methyl sites for hydroxylation is 1. The smallest absolute Gasteiger partial charge is 0.333 e. The van der Waals surface area contributed by atoms with E-state index in [1.165, 1.54) is 45.3 Å². The lowest BCUT2D eigenvalue weighted by atomic mass is 9.98. The van der Waals surface area contributed by atoms with Gasteiger partial charge in [0.1, 0.15) is 80.4 Å². The van der Waals surface area contributed by atoms with Crippen molar-refractivity contribution >= 4 is 128 Å². The fourth-order valence-corrected chi connectivity index (χ4v) is 21.4. The number of carbonyl (C=O) groups is 4. The number of aliphatic hydroxyl groups excluding tert-OH is 2. The number of benzene rings is 1. The van der Waals surface area contributed by atoms with Gasteiger partial charge in [-0.2, -0.15) is 15.5 Å². The Morgan fingerprint density at radius 3 is 1.95 bits per heavy atom. The molecular weight excluding hydrogens is 1810 g/mol. The molecule has 8 aromatic rings. The Bertz CT molecular complexity index is 5530. The fourth-order valence-electron chi connectivity index (χ4n) is 15.0. The minimum absolute atomic E-state index is 0.0133. The minimum Gasteiger partial charge on any atom is -0.394 e. The third-order valence-corrected chi connectivity index (χ3v) is 27.8. The first kappa shape index (κ1) is 102. The molecule has 42 nitrogen and oxygen atoms in total. The van der Waals surface area contributed by atoms with E-state index in [2.05, 4.69) is 142 Å². The monoisotopic (exact) mass is 1920 g/mol. The topological polar surface area (TPSA) is 492 Å². The number of hydrogen-bond acceptors (Lipinski definition) is 34. The second-order valence-electron chi connectivity index (χ2n) is 32.2. The van der Waals surface area contributed by atoms with Crippen LogP contribution in [0.5, 0.6) is 0 Å². The first-order valence-corrected chi connectivity index (χ1v) is 46.9. The highest BCUT2D eigenvalue weighted by Crippen LogP contribution is 2.63. The number of alkyl halides is 4. The molecule has 5 N–H and O–H groups in total. The third kappa shape index (κ3) is 23.5. The second kappa shape index (κ2) is 45.2. The van der Waals surface area contributed by atoms with Crippen molar-refractivity contribution in [2.75, 3.05) is 70.1 Å². The maximum atomic E-state index is 17.1. The molecule has 2 amide bonds. The zero-order valence-electron chi connectivity index (χ0n) is 73.6. The van der Waals surface area contributed by atoms with Gasteiger partial charge in [-0.05, 0) is 81.1 Å². The molecule has 7 aromatic heterocycles. The van der Waals surface area contributed by atoms with Crippen molar-refractivity contribution in [2.45, 2.75) is 238 Å². The summed E-state index contributed by atoms with van der Waals surface area (Å²) in [6.07, 6.45) is -17.1. The van der Waals surface area contributed by atoms with Gasteiger partial charge in [0, 0.05) is 61.9 Å². The average Bonchev–Trinajstić information content (AvgIpc) is 1.62. The summed E-state index contributed by atoms with van der Waals surface area (Å²) in [7, 11) is -11.7. The minimum atomic E-state index is -3.41. The highest BCUT2D eigenvalue weighted by molar-refractivity contribution is 7.86. The molecule has 6 aliphatic rings. The predicted molar refractivity (Wildman–Crippen MR) is 482 cm³/mol. The van der Waals surface area contributed by atoms with Crippen molar-refractivity contribution in [3.8, 4) is 12.1 Å². The number of anilines is 2. The Labute approximate surface area is 763 Å². The van der Waals surface area contributed by atoms with Gasteiger partial charge in [0.25, 0.3) is 11.5 Å². The number of aliphatic imine (C=N–C) groups is 1. The number of ether oxygens (including phenoxy) is 4. The van der Waals surface area contributed by atoms with E-state index in [1.807, 2.05) is 12.1 Å². The van der Waals surface area contributed by atoms with E-state index < -0.39 is 193 Å². The van der Waals surface area contributed by atoms with Crippen LogP contribution in [0.1, 0.15) is 160 Å². The molecule has 0 bridgehead atoms. The zero-order chi connectivity index (χ0) is 95.5. The van der Waals surface area contributed by atoms with Crippen molar-refractivity contribution in [3.05, 3.63) is 107 Å². The number of rotatable bonds is 32. The molecule has 0 spiro atoms. The van der Waals surface area contributed by atoms with E-state index in [1.54, 1.807) is 65.0 Å². The van der Waals surface area contributed by atoms with Gasteiger partial charge in [-0.1, -0.05) is 45.9 Å². The summed E-state index contributed by atoms with van der Waals surface area (Å²) >= 11 is 0. The van der Waals surface area contributed by atoms with E-state index in [0.717, 1.165) is 10.9 Å². The van der Waals surface area contributed by atoms with Crippen LogP contribution in [0.15, 0.2) is 78.1 Å². The zero-order valence-corrected chi connectivity index (χ0v) is 77.2. The number of nitriles is 2. The van der Waals surface area contributed by atoms with E-state index >= 15 is 17.6 Å². The maximum Gasteiger partial charge on any atom is 0.333 e. The molecule has 14 rings (SSSR count). The Kier molecular flexibility index (Phi) is 35.0. The van der Waals surface area contributed by atoms with Crippen LogP contribution in [0.4, 0.5) is 35.1 Å². The number of nitrogens with one attached hydrogen (secondary N) is 3. The first-order chi connectivity index (χ1) is 62.9. The summed E-state index contributed by atoms with van der Waals surface area (Å²) in [5, 5.41) is 44.8. The van der Waals surface area contributed by atoms with Crippen LogP contribution in [0.3, 0.4) is 0 Å². The summed E-state index contributed by atoms with van der Waals surface area (Å²) in [5.41, 5.74) is 1.35. The van der Waals surface area contributed by atoms with Crippen molar-refractivity contribution < 1.29 is 107 Å². The number of imidazole rings is 4. The summed E-state index contributed by atoms with van der Waals surface area (Å²) in [6.45, 7) is 34.1. The van der Waals surface area contributed by atoms with Crippen molar-refractivity contribution in [3.63, 3.8) is 0 Å². The first-order valence-electron chi connectivity index (χ1n) is 41.9. The van der Waals surface area contributed by atoms with Crippen LogP contribution in [-0.2, 0) is 69.3 Å². The van der Waals surface area contributed by atoms with Gasteiger partial charge in [0.2, 0.25) is 49.2 Å². The van der Waals surface area contributed by atoms with Crippen LogP contribution in [-0.4, -0.2) is 289 Å². The maximum absolute atomic E-state index is 17.1. The Morgan fingerprint density at radius 1 is 0.727 bits per heavy atom. The van der Waals surface area contributed by atoms with E-state index in [-0.39, 0.29) is 118 Å². The standard InChI is InChI=1S/C39H43BF2N10O11P2.C28H36BF2N10O9P.C13H31N2P/c1-21(2)24(53)14-23-15-25(54)30-36(49-23)52(19-47-30)38-28(41)32-27(61-38)17-59-65(40,58-13-7-11-44)63-33-26(16-57-64(62-32)56-12-6-10-43)60-39(29(33)42)51-20-48-31-34(45-18-46-35(31)51)50-37(55)22-8-4-3-5-9-22;1-12(2)24(44)38-28-37-23-19(25(45)39-28)36-11-41(23)26-16(30)20(43)15(49-26)8-47-51(29,46-6-5-32-4)50-21-14(7-42)48-27(17(21)31)40-10-35-18-13(3)33-9-34-22(18)40;1-10(2)14(11(3)4)16(9)15(12(5)6)13(7)8/h3-5,8-9,18-21,26-29,32-33,38-39H,6-7,12-17H2,1-2,40H3,(H,45,46,50,55);9-12,14-17,20-21,26-27,42-43H,5-8H2,1-3,29H3,(H2,37,38,39,44,45);10-13H,1-9H3/t26?,27-,28-,29-,32-,33-,38-,39-,64?,65?;14-,15-,16+,17+,20?,21?,26-,27-,51?;/m11./s1. The molecule has 6 unspecified atom stereocenters. The number of carbonyl (C=O) groups excluding carboxylic acids is 4. The highest BCUT2D eigenvalue weighted by atomic mass is 31.2. The number of aromatic amines is 1. The second-order valence-corrected chi connectivity index (χ2v) is 37.7.